The van der Waals surface area contributed by atoms with Crippen LogP contribution >= 0.6 is 0 Å². The molecule has 1 aliphatic rings. The van der Waals surface area contributed by atoms with E-state index in [0.29, 0.717) is 6.61 Å². The van der Waals surface area contributed by atoms with E-state index in [0.717, 1.165) is 30.7 Å². The molecule has 0 atom stereocenters. The number of hydrogen-bond acceptors (Lipinski definition) is 2. The molecule has 0 heterocycles. The van der Waals surface area contributed by atoms with Crippen LogP contribution < -0.4 is 0 Å². The Kier molecular flexibility index (Phi) is 7.90. The smallest absolute Gasteiger partial charge is 0.142 e. The third-order valence-electron chi connectivity index (χ3n) is 2.50. The Morgan fingerprint density at radius 1 is 1.38 bits per heavy atom. The first-order valence-corrected chi connectivity index (χ1v) is 5.91. The molecule has 0 aromatic heterocycles. The minimum absolute atomic E-state index is 0.0904. The molecule has 0 radical (unpaired) electrons. The lowest BCUT2D eigenvalue weighted by molar-refractivity contribution is 0.171. The van der Waals surface area contributed by atoms with E-state index in [1.165, 1.54) is 0 Å². The van der Waals surface area contributed by atoms with Crippen LogP contribution in [0.2, 0.25) is 0 Å². The van der Waals surface area contributed by atoms with Gasteiger partial charge in [0.2, 0.25) is 0 Å². The molecule has 0 saturated carbocycles. The monoisotopic (exact) mass is 229 g/mol. The molecule has 2 nitrogen and oxygen atoms in total. The summed E-state index contributed by atoms with van der Waals surface area (Å²) in [5.74, 6) is -0.0904. The van der Waals surface area contributed by atoms with Gasteiger partial charge in [-0.05, 0) is 25.8 Å². The lowest BCUT2D eigenvalue weighted by atomic mass is 10.0. The predicted octanol–water partition coefficient (Wildman–Crippen LogP) is 3.51. The van der Waals surface area contributed by atoms with E-state index in [9.17, 15) is 4.39 Å². The maximum absolute atomic E-state index is 13.5. The quantitative estimate of drug-likeness (QED) is 0.731. The Morgan fingerprint density at radius 3 is 2.50 bits per heavy atom. The van der Waals surface area contributed by atoms with E-state index in [-0.39, 0.29) is 5.83 Å². The van der Waals surface area contributed by atoms with Crippen molar-refractivity contribution in [3.63, 3.8) is 0 Å². The van der Waals surface area contributed by atoms with E-state index in [1.807, 2.05) is 32.7 Å². The molecule has 16 heavy (non-hydrogen) atoms. The van der Waals surface area contributed by atoms with E-state index < -0.39 is 0 Å². The Balaban J connectivity index is 0.00000106. The highest BCUT2D eigenvalue weighted by molar-refractivity contribution is 5.27. The molecule has 0 aromatic carbocycles. The molecule has 1 rings (SSSR count). The van der Waals surface area contributed by atoms with Gasteiger partial charge >= 0.3 is 0 Å². The molecule has 0 N–H and O–H groups in total. The number of likely N-dealkylation sites (N-methyl/N-ethyl adjacent to an activating group) is 1. The third kappa shape index (κ3) is 4.79. The van der Waals surface area contributed by atoms with Crippen molar-refractivity contribution >= 4 is 0 Å². The van der Waals surface area contributed by atoms with Gasteiger partial charge in [-0.15, -0.1) is 0 Å². The summed E-state index contributed by atoms with van der Waals surface area (Å²) in [6.45, 7) is 7.34. The predicted molar refractivity (Wildman–Crippen MR) is 67.0 cm³/mol. The maximum atomic E-state index is 13.5. The van der Waals surface area contributed by atoms with Crippen molar-refractivity contribution < 1.29 is 9.13 Å². The van der Waals surface area contributed by atoms with Crippen molar-refractivity contribution in [3.05, 3.63) is 23.2 Å². The highest BCUT2D eigenvalue weighted by Crippen LogP contribution is 2.26. The summed E-state index contributed by atoms with van der Waals surface area (Å²) in [4.78, 5) is 1.93. The standard InChI is InChI=1S/C11H18FNO.C2H6/c1-9-4-5-11(10(12)8-9)13(2)6-7-14-3;1-2/h8H,4-7H2,1-3H3;1-2H3. The Morgan fingerprint density at radius 2 is 2.00 bits per heavy atom. The highest BCUT2D eigenvalue weighted by atomic mass is 19.1. The molecule has 0 aromatic rings. The van der Waals surface area contributed by atoms with Crippen molar-refractivity contribution in [2.24, 2.45) is 0 Å². The zero-order valence-electron chi connectivity index (χ0n) is 11.1. The normalized spacial score (nSPS) is 15.2. The maximum Gasteiger partial charge on any atom is 0.142 e. The van der Waals surface area contributed by atoms with E-state index in [1.54, 1.807) is 13.2 Å². The fourth-order valence-electron chi connectivity index (χ4n) is 1.54. The topological polar surface area (TPSA) is 12.5 Å². The molecule has 94 valence electrons. The minimum Gasteiger partial charge on any atom is -0.383 e. The van der Waals surface area contributed by atoms with Crippen molar-refractivity contribution in [1.82, 2.24) is 4.90 Å². The van der Waals surface area contributed by atoms with Gasteiger partial charge in [0.15, 0.2) is 0 Å². The summed E-state index contributed by atoms with van der Waals surface area (Å²) in [6, 6.07) is 0. The van der Waals surface area contributed by atoms with Crippen molar-refractivity contribution in [2.75, 3.05) is 27.3 Å². The summed E-state index contributed by atoms with van der Waals surface area (Å²) >= 11 is 0. The highest BCUT2D eigenvalue weighted by Gasteiger charge is 2.14. The molecule has 0 saturated heterocycles. The minimum atomic E-state index is -0.0904. The Bertz CT molecular complexity index is 259. The van der Waals surface area contributed by atoms with Crippen LogP contribution in [-0.2, 0) is 4.74 Å². The second kappa shape index (κ2) is 8.34. The van der Waals surface area contributed by atoms with Crippen LogP contribution in [0.15, 0.2) is 23.2 Å². The molecule has 3 heteroatoms. The number of ether oxygens (including phenoxy) is 1. The molecule has 0 spiro atoms. The van der Waals surface area contributed by atoms with E-state index in [2.05, 4.69) is 0 Å². The molecule has 0 unspecified atom stereocenters. The summed E-state index contributed by atoms with van der Waals surface area (Å²) in [7, 11) is 3.56. The third-order valence-corrected chi connectivity index (χ3v) is 2.50. The second-order valence-electron chi connectivity index (χ2n) is 3.70. The van der Waals surface area contributed by atoms with Gasteiger partial charge in [-0.25, -0.2) is 4.39 Å². The number of nitrogens with zero attached hydrogens (tertiary/aromatic N) is 1. The number of methoxy groups -OCH3 is 1. The Labute approximate surface area is 98.8 Å². The van der Waals surface area contributed by atoms with Crippen LogP contribution in [-0.4, -0.2) is 32.2 Å². The van der Waals surface area contributed by atoms with Gasteiger partial charge in [-0.2, -0.15) is 0 Å². The summed E-state index contributed by atoms with van der Waals surface area (Å²) < 4.78 is 18.5. The fourth-order valence-corrected chi connectivity index (χ4v) is 1.54. The SMILES string of the molecule is CC.COCCN(C)C1=C(F)C=C(C)CC1. The van der Waals surface area contributed by atoms with Gasteiger partial charge in [-0.1, -0.05) is 19.4 Å². The molecule has 0 amide bonds. The van der Waals surface area contributed by atoms with Crippen LogP contribution in [0.5, 0.6) is 0 Å². The summed E-state index contributed by atoms with van der Waals surface area (Å²) in [5, 5.41) is 0. The first-order chi connectivity index (χ1) is 7.65. The van der Waals surface area contributed by atoms with Crippen LogP contribution in [0.4, 0.5) is 4.39 Å². The number of allylic oxidation sites excluding steroid dienone is 4. The Hall–Kier alpha value is -0.830. The average molecular weight is 229 g/mol. The van der Waals surface area contributed by atoms with Gasteiger partial charge in [-0.3, -0.25) is 0 Å². The molecule has 0 bridgehead atoms. The number of rotatable bonds is 4. The molecular formula is C13H24FNO. The second-order valence-corrected chi connectivity index (χ2v) is 3.70. The van der Waals surface area contributed by atoms with Crippen LogP contribution in [0.25, 0.3) is 0 Å². The average Bonchev–Trinajstić information content (AvgIpc) is 2.28. The van der Waals surface area contributed by atoms with Gasteiger partial charge in [0, 0.05) is 26.4 Å². The summed E-state index contributed by atoms with van der Waals surface area (Å²) in [5.41, 5.74) is 1.92. The zero-order valence-corrected chi connectivity index (χ0v) is 11.1. The van der Waals surface area contributed by atoms with Crippen molar-refractivity contribution in [2.45, 2.75) is 33.6 Å². The van der Waals surface area contributed by atoms with Crippen LogP contribution in [0.3, 0.4) is 0 Å². The van der Waals surface area contributed by atoms with Crippen LogP contribution in [0, 0.1) is 0 Å². The largest absolute Gasteiger partial charge is 0.383 e. The van der Waals surface area contributed by atoms with Crippen LogP contribution in [0.1, 0.15) is 33.6 Å². The van der Waals surface area contributed by atoms with E-state index in [4.69, 9.17) is 4.74 Å². The molecular weight excluding hydrogens is 205 g/mol. The zero-order chi connectivity index (χ0) is 12.6. The lowest BCUT2D eigenvalue weighted by Gasteiger charge is -2.25. The fraction of sp³-hybridized carbons (Fsp3) is 0.692. The van der Waals surface area contributed by atoms with Gasteiger partial charge < -0.3 is 9.64 Å². The van der Waals surface area contributed by atoms with Gasteiger partial charge in [0.05, 0.1) is 6.61 Å². The lowest BCUT2D eigenvalue weighted by Crippen LogP contribution is -2.24. The van der Waals surface area contributed by atoms with E-state index >= 15 is 0 Å². The number of hydrogen-bond donors (Lipinski definition) is 0. The van der Waals surface area contributed by atoms with Crippen molar-refractivity contribution in [3.8, 4) is 0 Å². The molecule has 0 aliphatic heterocycles. The first kappa shape index (κ1) is 15.2. The first-order valence-electron chi connectivity index (χ1n) is 5.91. The van der Waals surface area contributed by atoms with Gasteiger partial charge in [0.25, 0.3) is 0 Å². The summed E-state index contributed by atoms with van der Waals surface area (Å²) in [6.07, 6.45) is 3.39. The van der Waals surface area contributed by atoms with Gasteiger partial charge in [0.1, 0.15) is 5.83 Å². The molecule has 1 aliphatic carbocycles. The molecule has 0 fully saturated rings. The number of halogens is 1. The van der Waals surface area contributed by atoms with Crippen molar-refractivity contribution in [1.29, 1.82) is 0 Å².